The maximum absolute atomic E-state index is 10.8. The molecule has 0 saturated heterocycles. The normalized spacial score (nSPS) is 11.9. The average Bonchev–Trinajstić information content (AvgIpc) is 1.86. The standard InChI is InChI=1S/C7H12NO3/c1-4-11-7(10)5(2)8-6(3)9/h5H,2,4H2,1,3H3,(H,8,9). The van der Waals surface area contributed by atoms with Gasteiger partial charge in [-0.25, -0.2) is 4.79 Å². The Labute approximate surface area is 65.9 Å². The molecule has 0 spiro atoms. The van der Waals surface area contributed by atoms with Gasteiger partial charge in [0.25, 0.3) is 0 Å². The van der Waals surface area contributed by atoms with Gasteiger partial charge in [-0.2, -0.15) is 0 Å². The van der Waals surface area contributed by atoms with Crippen molar-refractivity contribution in [2.45, 2.75) is 19.9 Å². The van der Waals surface area contributed by atoms with E-state index in [1.807, 2.05) is 0 Å². The monoisotopic (exact) mass is 158 g/mol. The van der Waals surface area contributed by atoms with Crippen LogP contribution < -0.4 is 5.32 Å². The number of nitrogens with one attached hydrogen (secondary N) is 1. The van der Waals surface area contributed by atoms with Gasteiger partial charge in [-0.15, -0.1) is 0 Å². The number of rotatable bonds is 3. The predicted molar refractivity (Wildman–Crippen MR) is 39.6 cm³/mol. The van der Waals surface area contributed by atoms with E-state index in [0.29, 0.717) is 6.61 Å². The molecule has 11 heavy (non-hydrogen) atoms. The number of esters is 1. The summed E-state index contributed by atoms with van der Waals surface area (Å²) in [5.41, 5.74) is 0. The third-order valence-electron chi connectivity index (χ3n) is 0.949. The summed E-state index contributed by atoms with van der Waals surface area (Å²) >= 11 is 0. The van der Waals surface area contributed by atoms with Crippen LogP contribution in [-0.4, -0.2) is 24.5 Å². The summed E-state index contributed by atoms with van der Waals surface area (Å²) in [6.07, 6.45) is 0. The van der Waals surface area contributed by atoms with Crippen molar-refractivity contribution >= 4 is 11.9 Å². The Balaban J connectivity index is 3.73. The minimum absolute atomic E-state index is 0.293. The molecule has 4 nitrogen and oxygen atoms in total. The summed E-state index contributed by atoms with van der Waals surface area (Å²) in [5.74, 6) is -0.805. The first-order valence-electron chi connectivity index (χ1n) is 3.34. The fraction of sp³-hybridized carbons (Fsp3) is 0.571. The van der Waals surface area contributed by atoms with Crippen molar-refractivity contribution in [3.05, 3.63) is 6.92 Å². The molecule has 0 bridgehead atoms. The van der Waals surface area contributed by atoms with Crippen LogP contribution in [0.4, 0.5) is 0 Å². The van der Waals surface area contributed by atoms with Gasteiger partial charge < -0.3 is 10.1 Å². The van der Waals surface area contributed by atoms with Crippen molar-refractivity contribution in [3.63, 3.8) is 0 Å². The van der Waals surface area contributed by atoms with Crippen LogP contribution in [0.5, 0.6) is 0 Å². The van der Waals surface area contributed by atoms with Crippen LogP contribution in [0.1, 0.15) is 13.8 Å². The summed E-state index contributed by atoms with van der Waals surface area (Å²) in [6.45, 7) is 6.70. The highest BCUT2D eigenvalue weighted by Gasteiger charge is 2.13. The minimum atomic E-state index is -0.799. The molecular formula is C7H12NO3. The topological polar surface area (TPSA) is 55.4 Å². The molecule has 0 heterocycles. The molecule has 0 aromatic heterocycles. The predicted octanol–water partition coefficient (Wildman–Crippen LogP) is -0.112. The van der Waals surface area contributed by atoms with Gasteiger partial charge in [0.15, 0.2) is 0 Å². The van der Waals surface area contributed by atoms with Crippen LogP contribution >= 0.6 is 0 Å². The lowest BCUT2D eigenvalue weighted by Gasteiger charge is -2.09. The first kappa shape index (κ1) is 9.94. The first-order valence-corrected chi connectivity index (χ1v) is 3.34. The van der Waals surface area contributed by atoms with Crippen LogP contribution in [0.25, 0.3) is 0 Å². The van der Waals surface area contributed by atoms with Gasteiger partial charge in [0, 0.05) is 6.92 Å². The van der Waals surface area contributed by atoms with E-state index in [4.69, 9.17) is 0 Å². The molecule has 1 unspecified atom stereocenters. The van der Waals surface area contributed by atoms with E-state index in [0.717, 1.165) is 0 Å². The lowest BCUT2D eigenvalue weighted by atomic mass is 10.3. The molecule has 0 fully saturated rings. The fourth-order valence-electron chi connectivity index (χ4n) is 0.547. The zero-order valence-electron chi connectivity index (χ0n) is 6.72. The van der Waals surface area contributed by atoms with E-state index in [9.17, 15) is 9.59 Å². The van der Waals surface area contributed by atoms with Crippen molar-refractivity contribution in [1.82, 2.24) is 5.32 Å². The maximum atomic E-state index is 10.8. The van der Waals surface area contributed by atoms with E-state index in [1.165, 1.54) is 6.92 Å². The van der Waals surface area contributed by atoms with Crippen LogP contribution in [0.3, 0.4) is 0 Å². The van der Waals surface area contributed by atoms with Gasteiger partial charge in [-0.1, -0.05) is 0 Å². The van der Waals surface area contributed by atoms with Crippen molar-refractivity contribution in [3.8, 4) is 0 Å². The summed E-state index contributed by atoms with van der Waals surface area (Å²) in [4.78, 5) is 21.2. The molecule has 1 amide bonds. The number of hydrogen-bond acceptors (Lipinski definition) is 3. The number of hydrogen-bond donors (Lipinski definition) is 1. The van der Waals surface area contributed by atoms with Crippen molar-refractivity contribution < 1.29 is 14.3 Å². The third kappa shape index (κ3) is 4.36. The summed E-state index contributed by atoms with van der Waals surface area (Å²) < 4.78 is 4.59. The van der Waals surface area contributed by atoms with E-state index in [-0.39, 0.29) is 5.91 Å². The molecule has 0 aromatic carbocycles. The number of amides is 1. The summed E-state index contributed by atoms with van der Waals surface area (Å²) in [7, 11) is 0. The zero-order chi connectivity index (χ0) is 8.85. The zero-order valence-corrected chi connectivity index (χ0v) is 6.72. The highest BCUT2D eigenvalue weighted by atomic mass is 16.5. The quantitative estimate of drug-likeness (QED) is 0.583. The van der Waals surface area contributed by atoms with Crippen LogP contribution in [0.15, 0.2) is 0 Å². The lowest BCUT2D eigenvalue weighted by Crippen LogP contribution is -2.38. The Morgan fingerprint density at radius 1 is 1.64 bits per heavy atom. The molecular weight excluding hydrogens is 146 g/mol. The smallest absolute Gasteiger partial charge is 0.328 e. The minimum Gasteiger partial charge on any atom is -0.464 e. The van der Waals surface area contributed by atoms with E-state index in [2.05, 4.69) is 17.0 Å². The van der Waals surface area contributed by atoms with Gasteiger partial charge in [0.05, 0.1) is 6.61 Å². The molecule has 4 heteroatoms. The number of ether oxygens (including phenoxy) is 1. The largest absolute Gasteiger partial charge is 0.464 e. The lowest BCUT2D eigenvalue weighted by molar-refractivity contribution is -0.145. The van der Waals surface area contributed by atoms with Crippen molar-refractivity contribution in [1.29, 1.82) is 0 Å². The van der Waals surface area contributed by atoms with Gasteiger partial charge in [0.1, 0.15) is 6.04 Å². The van der Waals surface area contributed by atoms with E-state index < -0.39 is 12.0 Å². The second kappa shape index (κ2) is 4.71. The Hall–Kier alpha value is -1.06. The summed E-state index contributed by atoms with van der Waals surface area (Å²) in [5, 5.41) is 2.30. The molecule has 0 aliphatic carbocycles. The third-order valence-corrected chi connectivity index (χ3v) is 0.949. The molecule has 0 aliphatic heterocycles. The highest BCUT2D eigenvalue weighted by Crippen LogP contribution is 1.86. The van der Waals surface area contributed by atoms with Crippen molar-refractivity contribution in [2.75, 3.05) is 6.61 Å². The second-order valence-corrected chi connectivity index (χ2v) is 2.01. The fourth-order valence-corrected chi connectivity index (χ4v) is 0.547. The van der Waals surface area contributed by atoms with Gasteiger partial charge in [-0.3, -0.25) is 4.79 Å². The molecule has 63 valence electrons. The highest BCUT2D eigenvalue weighted by molar-refractivity contribution is 5.83. The van der Waals surface area contributed by atoms with Crippen molar-refractivity contribution in [2.24, 2.45) is 0 Å². The SMILES string of the molecule is [CH2]C(NC(C)=O)C(=O)OCC. The molecule has 0 saturated carbocycles. The molecule has 0 rings (SSSR count). The van der Waals surface area contributed by atoms with E-state index >= 15 is 0 Å². The first-order chi connectivity index (χ1) is 5.07. The van der Waals surface area contributed by atoms with Gasteiger partial charge in [0.2, 0.25) is 5.91 Å². The van der Waals surface area contributed by atoms with Gasteiger partial charge >= 0.3 is 5.97 Å². The number of carbonyl (C=O) groups is 2. The Morgan fingerprint density at radius 2 is 2.18 bits per heavy atom. The van der Waals surface area contributed by atoms with Crippen LogP contribution in [0.2, 0.25) is 0 Å². The molecule has 0 aromatic rings. The Bertz CT molecular complexity index is 156. The Kier molecular flexibility index (Phi) is 4.26. The van der Waals surface area contributed by atoms with E-state index in [1.54, 1.807) is 6.92 Å². The molecule has 1 N–H and O–H groups in total. The maximum Gasteiger partial charge on any atom is 0.328 e. The van der Waals surface area contributed by atoms with Crippen LogP contribution in [0, 0.1) is 6.92 Å². The molecule has 1 atom stereocenters. The number of carbonyl (C=O) groups excluding carboxylic acids is 2. The second-order valence-electron chi connectivity index (χ2n) is 2.01. The summed E-state index contributed by atoms with van der Waals surface area (Å²) in [6, 6.07) is -0.799. The van der Waals surface area contributed by atoms with Gasteiger partial charge in [-0.05, 0) is 13.8 Å². The average molecular weight is 158 g/mol. The van der Waals surface area contributed by atoms with Crippen LogP contribution in [-0.2, 0) is 14.3 Å². The molecule has 0 aliphatic rings. The Morgan fingerprint density at radius 3 is 2.55 bits per heavy atom. The molecule has 1 radical (unpaired) electrons.